The van der Waals surface area contributed by atoms with Crippen LogP contribution in [0.5, 0.6) is 0 Å². The molecule has 1 saturated heterocycles. The van der Waals surface area contributed by atoms with E-state index in [-0.39, 0.29) is 6.10 Å². The van der Waals surface area contributed by atoms with E-state index in [0.717, 1.165) is 48.6 Å². The fourth-order valence-corrected chi connectivity index (χ4v) is 3.29. The van der Waals surface area contributed by atoms with Gasteiger partial charge in [-0.25, -0.2) is 4.98 Å². The van der Waals surface area contributed by atoms with Gasteiger partial charge in [-0.2, -0.15) is 5.10 Å². The molecule has 1 unspecified atom stereocenters. The SMILES string of the molecule is CNCc1nnc(SCc2n[nH]c(C)n2)n1CC1CCCO1. The summed E-state index contributed by atoms with van der Waals surface area (Å²) >= 11 is 1.60. The van der Waals surface area contributed by atoms with E-state index in [0.29, 0.717) is 12.3 Å². The lowest BCUT2D eigenvalue weighted by Gasteiger charge is -2.14. The summed E-state index contributed by atoms with van der Waals surface area (Å²) in [6.07, 6.45) is 2.49. The second-order valence-electron chi connectivity index (χ2n) is 5.30. The van der Waals surface area contributed by atoms with Crippen LogP contribution in [0.15, 0.2) is 5.16 Å². The van der Waals surface area contributed by atoms with Gasteiger partial charge in [0.2, 0.25) is 0 Å². The van der Waals surface area contributed by atoms with Crippen molar-refractivity contribution in [3.8, 4) is 0 Å². The Labute approximate surface area is 133 Å². The highest BCUT2D eigenvalue weighted by molar-refractivity contribution is 7.98. The summed E-state index contributed by atoms with van der Waals surface area (Å²) in [7, 11) is 1.91. The average molecular weight is 323 g/mol. The lowest BCUT2D eigenvalue weighted by molar-refractivity contribution is 0.0941. The molecule has 0 saturated carbocycles. The number of rotatable bonds is 7. The molecule has 1 fully saturated rings. The molecule has 2 aromatic heterocycles. The van der Waals surface area contributed by atoms with Crippen LogP contribution in [0.4, 0.5) is 0 Å². The Kier molecular flexibility index (Phi) is 5.06. The van der Waals surface area contributed by atoms with Crippen LogP contribution in [0, 0.1) is 6.92 Å². The highest BCUT2D eigenvalue weighted by Gasteiger charge is 2.21. The molecule has 120 valence electrons. The van der Waals surface area contributed by atoms with Crippen LogP contribution >= 0.6 is 11.8 Å². The van der Waals surface area contributed by atoms with E-state index in [1.54, 1.807) is 11.8 Å². The molecule has 0 amide bonds. The molecule has 0 bridgehead atoms. The Morgan fingerprint density at radius 1 is 1.45 bits per heavy atom. The fraction of sp³-hybridized carbons (Fsp3) is 0.692. The molecule has 3 rings (SSSR count). The van der Waals surface area contributed by atoms with Gasteiger partial charge in [0.1, 0.15) is 11.6 Å². The predicted molar refractivity (Wildman–Crippen MR) is 82.4 cm³/mol. The molecule has 8 nitrogen and oxygen atoms in total. The number of aromatic amines is 1. The van der Waals surface area contributed by atoms with Crippen LogP contribution in [0.25, 0.3) is 0 Å². The van der Waals surface area contributed by atoms with Gasteiger partial charge >= 0.3 is 0 Å². The summed E-state index contributed by atoms with van der Waals surface area (Å²) in [6.45, 7) is 4.25. The van der Waals surface area contributed by atoms with Gasteiger partial charge in [-0.15, -0.1) is 10.2 Å². The first-order valence-corrected chi connectivity index (χ1v) is 8.44. The quantitative estimate of drug-likeness (QED) is 0.731. The molecule has 2 aromatic rings. The van der Waals surface area contributed by atoms with E-state index in [1.165, 1.54) is 0 Å². The fourth-order valence-electron chi connectivity index (χ4n) is 2.47. The van der Waals surface area contributed by atoms with Crippen molar-refractivity contribution >= 4 is 11.8 Å². The van der Waals surface area contributed by atoms with Gasteiger partial charge in [0.25, 0.3) is 0 Å². The van der Waals surface area contributed by atoms with Crippen LogP contribution in [-0.4, -0.2) is 49.7 Å². The summed E-state index contributed by atoms with van der Waals surface area (Å²) in [5, 5.41) is 19.6. The van der Waals surface area contributed by atoms with E-state index < -0.39 is 0 Å². The maximum atomic E-state index is 5.74. The number of aryl methyl sites for hydroxylation is 1. The molecule has 0 aliphatic carbocycles. The van der Waals surface area contributed by atoms with Gasteiger partial charge in [-0.05, 0) is 26.8 Å². The highest BCUT2D eigenvalue weighted by atomic mass is 32.2. The summed E-state index contributed by atoms with van der Waals surface area (Å²) in [4.78, 5) is 4.32. The molecular formula is C13H21N7OS. The van der Waals surface area contributed by atoms with Crippen molar-refractivity contribution in [1.82, 2.24) is 35.3 Å². The molecule has 0 aromatic carbocycles. The third-order valence-corrected chi connectivity index (χ3v) is 4.48. The van der Waals surface area contributed by atoms with Crippen molar-refractivity contribution in [3.63, 3.8) is 0 Å². The molecule has 0 spiro atoms. The Hall–Kier alpha value is -1.45. The van der Waals surface area contributed by atoms with E-state index in [2.05, 4.69) is 35.3 Å². The Bertz CT molecular complexity index is 605. The summed E-state index contributed by atoms with van der Waals surface area (Å²) in [5.74, 6) is 3.22. The molecular weight excluding hydrogens is 302 g/mol. The van der Waals surface area contributed by atoms with Crippen LogP contribution in [0.1, 0.15) is 30.3 Å². The summed E-state index contributed by atoms with van der Waals surface area (Å²) in [6, 6.07) is 0. The minimum absolute atomic E-state index is 0.261. The third-order valence-electron chi connectivity index (χ3n) is 3.51. The molecule has 1 aliphatic heterocycles. The number of nitrogens with one attached hydrogen (secondary N) is 2. The lowest BCUT2D eigenvalue weighted by Crippen LogP contribution is -2.20. The summed E-state index contributed by atoms with van der Waals surface area (Å²) in [5.41, 5.74) is 0. The van der Waals surface area contributed by atoms with E-state index in [9.17, 15) is 0 Å². The van der Waals surface area contributed by atoms with Gasteiger partial charge in [-0.1, -0.05) is 11.8 Å². The van der Waals surface area contributed by atoms with Gasteiger partial charge in [0, 0.05) is 6.61 Å². The maximum Gasteiger partial charge on any atom is 0.191 e. The highest BCUT2D eigenvalue weighted by Crippen LogP contribution is 2.23. The largest absolute Gasteiger partial charge is 0.376 e. The molecule has 0 radical (unpaired) electrons. The van der Waals surface area contributed by atoms with E-state index in [4.69, 9.17) is 4.74 Å². The number of hydrogen-bond acceptors (Lipinski definition) is 7. The van der Waals surface area contributed by atoms with Crippen LogP contribution in [-0.2, 0) is 23.6 Å². The van der Waals surface area contributed by atoms with Gasteiger partial charge < -0.3 is 14.6 Å². The van der Waals surface area contributed by atoms with Gasteiger partial charge in [0.05, 0.1) is 24.9 Å². The van der Waals surface area contributed by atoms with Crippen molar-refractivity contribution in [2.24, 2.45) is 0 Å². The van der Waals surface area contributed by atoms with Crippen molar-refractivity contribution in [3.05, 3.63) is 17.5 Å². The van der Waals surface area contributed by atoms with Crippen LogP contribution < -0.4 is 5.32 Å². The third kappa shape index (κ3) is 3.65. The topological polar surface area (TPSA) is 93.5 Å². The van der Waals surface area contributed by atoms with E-state index >= 15 is 0 Å². The normalized spacial score (nSPS) is 18.2. The van der Waals surface area contributed by atoms with Crippen molar-refractivity contribution in [1.29, 1.82) is 0 Å². The number of hydrogen-bond donors (Lipinski definition) is 2. The molecule has 1 aliphatic rings. The Morgan fingerprint density at radius 2 is 2.36 bits per heavy atom. The summed E-state index contributed by atoms with van der Waals surface area (Å²) < 4.78 is 7.89. The average Bonchev–Trinajstić information content (AvgIpc) is 3.22. The van der Waals surface area contributed by atoms with Crippen molar-refractivity contribution < 1.29 is 4.74 Å². The van der Waals surface area contributed by atoms with Crippen molar-refractivity contribution in [2.45, 2.75) is 49.9 Å². The first-order valence-electron chi connectivity index (χ1n) is 7.45. The minimum atomic E-state index is 0.261. The zero-order chi connectivity index (χ0) is 15.4. The first-order chi connectivity index (χ1) is 10.8. The van der Waals surface area contributed by atoms with Gasteiger partial charge in [-0.3, -0.25) is 5.10 Å². The van der Waals surface area contributed by atoms with E-state index in [1.807, 2.05) is 14.0 Å². The second kappa shape index (κ2) is 7.21. The maximum absolute atomic E-state index is 5.74. The molecule has 2 N–H and O–H groups in total. The first kappa shape index (κ1) is 15.4. The van der Waals surface area contributed by atoms with Crippen molar-refractivity contribution in [2.75, 3.05) is 13.7 Å². The molecule has 9 heteroatoms. The molecule has 1 atom stereocenters. The zero-order valence-electron chi connectivity index (χ0n) is 12.9. The smallest absolute Gasteiger partial charge is 0.191 e. The number of H-pyrrole nitrogens is 1. The zero-order valence-corrected chi connectivity index (χ0v) is 13.7. The number of thioether (sulfide) groups is 1. The standard InChI is InChI=1S/C13H21N7OS/c1-9-15-11(17-16-9)8-22-13-19-18-12(6-14-2)20(13)7-10-4-3-5-21-10/h10,14H,3-8H2,1-2H3,(H,15,16,17). The minimum Gasteiger partial charge on any atom is -0.376 e. The van der Waals surface area contributed by atoms with Gasteiger partial charge in [0.15, 0.2) is 11.0 Å². The predicted octanol–water partition coefficient (Wildman–Crippen LogP) is 0.895. The number of aromatic nitrogens is 6. The Morgan fingerprint density at radius 3 is 3.05 bits per heavy atom. The Balaban J connectivity index is 1.71. The monoisotopic (exact) mass is 323 g/mol. The molecule has 22 heavy (non-hydrogen) atoms. The van der Waals surface area contributed by atoms with Crippen LogP contribution in [0.3, 0.4) is 0 Å². The lowest BCUT2D eigenvalue weighted by atomic mass is 10.2. The number of nitrogens with zero attached hydrogens (tertiary/aromatic N) is 5. The van der Waals surface area contributed by atoms with Crippen LogP contribution in [0.2, 0.25) is 0 Å². The second-order valence-corrected chi connectivity index (χ2v) is 6.24. The molecule has 3 heterocycles. The number of ether oxygens (including phenoxy) is 1.